The monoisotopic (exact) mass is 311 g/mol. The molecule has 21 heavy (non-hydrogen) atoms. The molecule has 0 bridgehead atoms. The molecule has 1 aromatic carbocycles. The largest absolute Gasteiger partial charge is 0.465 e. The number of esters is 1. The van der Waals surface area contributed by atoms with Gasteiger partial charge in [0.1, 0.15) is 0 Å². The minimum Gasteiger partial charge on any atom is -0.465 e. The molecule has 4 heteroatoms. The smallest absolute Gasteiger partial charge is 0.337 e. The van der Waals surface area contributed by atoms with Gasteiger partial charge in [0, 0.05) is 6.04 Å². The van der Waals surface area contributed by atoms with Crippen LogP contribution < -0.4 is 5.32 Å². The summed E-state index contributed by atoms with van der Waals surface area (Å²) in [6, 6.07) is 5.48. The number of rotatable bonds is 9. The maximum atomic E-state index is 11.5. The lowest BCUT2D eigenvalue weighted by atomic mass is 10.1. The highest BCUT2D eigenvalue weighted by molar-refractivity contribution is 6.33. The Labute approximate surface area is 133 Å². The zero-order chi connectivity index (χ0) is 15.7. The Bertz CT molecular complexity index is 448. The quantitative estimate of drug-likeness (QED) is 0.497. The Hall–Kier alpha value is -1.22. The van der Waals surface area contributed by atoms with Gasteiger partial charge in [-0.1, -0.05) is 50.6 Å². The molecule has 1 N–H and O–H groups in total. The van der Waals surface area contributed by atoms with E-state index >= 15 is 0 Å². The van der Waals surface area contributed by atoms with Crippen molar-refractivity contribution in [3.05, 3.63) is 28.8 Å². The van der Waals surface area contributed by atoms with Gasteiger partial charge in [0.15, 0.2) is 0 Å². The van der Waals surface area contributed by atoms with Crippen molar-refractivity contribution in [3.63, 3.8) is 0 Å². The molecule has 0 aliphatic carbocycles. The number of anilines is 1. The normalized spacial score (nSPS) is 12.0. The molecule has 0 radical (unpaired) electrons. The molecule has 1 aromatic rings. The van der Waals surface area contributed by atoms with Crippen LogP contribution in [0, 0.1) is 0 Å². The van der Waals surface area contributed by atoms with Gasteiger partial charge in [-0.15, -0.1) is 0 Å². The molecular formula is C17H26ClNO2. The first-order valence-electron chi connectivity index (χ1n) is 7.72. The summed E-state index contributed by atoms with van der Waals surface area (Å²) in [4.78, 5) is 11.5. The van der Waals surface area contributed by atoms with Crippen LogP contribution in [0.5, 0.6) is 0 Å². The van der Waals surface area contributed by atoms with Gasteiger partial charge in [-0.3, -0.25) is 0 Å². The van der Waals surface area contributed by atoms with Gasteiger partial charge in [0.2, 0.25) is 0 Å². The van der Waals surface area contributed by atoms with E-state index in [9.17, 15) is 4.79 Å². The predicted molar refractivity (Wildman–Crippen MR) is 89.3 cm³/mol. The number of nitrogens with one attached hydrogen (secondary N) is 1. The van der Waals surface area contributed by atoms with Crippen LogP contribution >= 0.6 is 11.6 Å². The average Bonchev–Trinajstić information content (AvgIpc) is 2.48. The van der Waals surface area contributed by atoms with E-state index in [0.717, 1.165) is 12.1 Å². The molecular weight excluding hydrogens is 286 g/mol. The van der Waals surface area contributed by atoms with Gasteiger partial charge in [-0.25, -0.2) is 4.79 Å². The van der Waals surface area contributed by atoms with Gasteiger partial charge in [0.05, 0.1) is 23.4 Å². The number of hydrogen-bond donors (Lipinski definition) is 1. The molecule has 1 rings (SSSR count). The van der Waals surface area contributed by atoms with E-state index in [4.69, 9.17) is 16.3 Å². The van der Waals surface area contributed by atoms with Crippen molar-refractivity contribution in [1.82, 2.24) is 0 Å². The second-order valence-corrected chi connectivity index (χ2v) is 5.84. The third-order valence-corrected chi connectivity index (χ3v) is 3.86. The number of methoxy groups -OCH3 is 1. The van der Waals surface area contributed by atoms with Crippen molar-refractivity contribution < 1.29 is 9.53 Å². The van der Waals surface area contributed by atoms with E-state index in [1.165, 1.54) is 39.2 Å². The second kappa shape index (κ2) is 9.67. The zero-order valence-corrected chi connectivity index (χ0v) is 14.0. The number of ether oxygens (including phenoxy) is 1. The van der Waals surface area contributed by atoms with Crippen molar-refractivity contribution in [1.29, 1.82) is 0 Å². The topological polar surface area (TPSA) is 38.3 Å². The maximum absolute atomic E-state index is 11.5. The Morgan fingerprint density at radius 3 is 2.67 bits per heavy atom. The van der Waals surface area contributed by atoms with Gasteiger partial charge in [-0.2, -0.15) is 0 Å². The summed E-state index contributed by atoms with van der Waals surface area (Å²) in [7, 11) is 1.38. The van der Waals surface area contributed by atoms with E-state index in [2.05, 4.69) is 19.2 Å². The molecule has 0 aliphatic rings. The Balaban J connectivity index is 2.51. The molecule has 0 aliphatic heterocycles. The van der Waals surface area contributed by atoms with Gasteiger partial charge < -0.3 is 10.1 Å². The molecule has 0 aromatic heterocycles. The minimum atomic E-state index is -0.345. The lowest BCUT2D eigenvalue weighted by Crippen LogP contribution is -2.15. The molecule has 0 saturated carbocycles. The number of unbranched alkanes of at least 4 members (excludes halogenated alkanes) is 4. The third kappa shape index (κ3) is 6.38. The average molecular weight is 312 g/mol. The SMILES string of the molecule is CCCCCCCC(C)Nc1cc(C(=O)OC)ccc1Cl. The molecule has 3 nitrogen and oxygen atoms in total. The molecule has 0 amide bonds. The van der Waals surface area contributed by atoms with E-state index in [0.29, 0.717) is 16.6 Å². The summed E-state index contributed by atoms with van der Waals surface area (Å²) in [6.45, 7) is 4.36. The highest BCUT2D eigenvalue weighted by Crippen LogP contribution is 2.25. The Morgan fingerprint density at radius 2 is 2.00 bits per heavy atom. The second-order valence-electron chi connectivity index (χ2n) is 5.43. The number of carbonyl (C=O) groups excluding carboxylic acids is 1. The van der Waals surface area contributed by atoms with Gasteiger partial charge in [-0.05, 0) is 31.5 Å². The van der Waals surface area contributed by atoms with Crippen LogP contribution in [0.25, 0.3) is 0 Å². The number of halogens is 1. The highest BCUT2D eigenvalue weighted by Gasteiger charge is 2.10. The molecule has 0 fully saturated rings. The standard InChI is InChI=1S/C17H26ClNO2/c1-4-5-6-7-8-9-13(2)19-16-12-14(17(20)21-3)10-11-15(16)18/h10-13,19H,4-9H2,1-3H3. The van der Waals surface area contributed by atoms with Crippen molar-refractivity contribution in [3.8, 4) is 0 Å². The molecule has 0 saturated heterocycles. The fourth-order valence-corrected chi connectivity index (χ4v) is 2.44. The van der Waals surface area contributed by atoms with Crippen LogP contribution in [-0.4, -0.2) is 19.1 Å². The van der Waals surface area contributed by atoms with Crippen LogP contribution in [0.2, 0.25) is 5.02 Å². The van der Waals surface area contributed by atoms with E-state index in [1.807, 2.05) is 0 Å². The first-order valence-corrected chi connectivity index (χ1v) is 8.10. The van der Waals surface area contributed by atoms with Crippen molar-refractivity contribution in [2.45, 2.75) is 58.4 Å². The summed E-state index contributed by atoms with van der Waals surface area (Å²) >= 11 is 6.18. The fourth-order valence-electron chi connectivity index (χ4n) is 2.27. The number of carbonyl (C=O) groups is 1. The molecule has 1 unspecified atom stereocenters. The van der Waals surface area contributed by atoms with Crippen LogP contribution in [0.4, 0.5) is 5.69 Å². The molecule has 0 heterocycles. The number of benzene rings is 1. The lowest BCUT2D eigenvalue weighted by molar-refractivity contribution is 0.0601. The Morgan fingerprint density at radius 1 is 1.29 bits per heavy atom. The summed E-state index contributed by atoms with van der Waals surface area (Å²) < 4.78 is 4.73. The molecule has 1 atom stereocenters. The molecule has 0 spiro atoms. The van der Waals surface area contributed by atoms with Crippen molar-refractivity contribution >= 4 is 23.3 Å². The molecule has 118 valence electrons. The Kier molecular flexibility index (Phi) is 8.21. The van der Waals surface area contributed by atoms with Crippen LogP contribution in [-0.2, 0) is 4.74 Å². The van der Waals surface area contributed by atoms with E-state index in [-0.39, 0.29) is 5.97 Å². The third-order valence-electron chi connectivity index (χ3n) is 3.53. The summed E-state index contributed by atoms with van der Waals surface area (Å²) in [6.07, 6.45) is 7.47. The van der Waals surface area contributed by atoms with Gasteiger partial charge in [0.25, 0.3) is 0 Å². The fraction of sp³-hybridized carbons (Fsp3) is 0.588. The first kappa shape index (κ1) is 17.8. The maximum Gasteiger partial charge on any atom is 0.337 e. The minimum absolute atomic E-state index is 0.331. The highest BCUT2D eigenvalue weighted by atomic mass is 35.5. The summed E-state index contributed by atoms with van der Waals surface area (Å²) in [5.74, 6) is -0.345. The van der Waals surface area contributed by atoms with Crippen molar-refractivity contribution in [2.24, 2.45) is 0 Å². The zero-order valence-electron chi connectivity index (χ0n) is 13.2. The summed E-state index contributed by atoms with van der Waals surface area (Å²) in [5, 5.41) is 4.01. The number of hydrogen-bond acceptors (Lipinski definition) is 3. The van der Waals surface area contributed by atoms with Crippen molar-refractivity contribution in [2.75, 3.05) is 12.4 Å². The lowest BCUT2D eigenvalue weighted by Gasteiger charge is -2.17. The van der Waals surface area contributed by atoms with Gasteiger partial charge >= 0.3 is 5.97 Å². The van der Waals surface area contributed by atoms with Crippen LogP contribution in [0.1, 0.15) is 62.7 Å². The predicted octanol–water partition coefficient (Wildman–Crippen LogP) is 5.29. The first-order chi connectivity index (χ1) is 10.1. The van der Waals surface area contributed by atoms with E-state index < -0.39 is 0 Å². The van der Waals surface area contributed by atoms with E-state index in [1.54, 1.807) is 18.2 Å². The summed E-state index contributed by atoms with van der Waals surface area (Å²) in [5.41, 5.74) is 1.31. The van der Waals surface area contributed by atoms with Crippen LogP contribution in [0.3, 0.4) is 0 Å². The van der Waals surface area contributed by atoms with Crippen LogP contribution in [0.15, 0.2) is 18.2 Å².